The number of nitrogens with one attached hydrogen (secondary N) is 1. The van der Waals surface area contributed by atoms with Gasteiger partial charge in [-0.25, -0.2) is 0 Å². The fourth-order valence-electron chi connectivity index (χ4n) is 3.27. The average molecular weight is 348 g/mol. The lowest BCUT2D eigenvalue weighted by molar-refractivity contribution is 0.403. The minimum Gasteiger partial charge on any atom is -0.316 e. The van der Waals surface area contributed by atoms with Crippen LogP contribution < -0.4 is 5.32 Å². The van der Waals surface area contributed by atoms with E-state index in [1.54, 1.807) is 0 Å². The Labute approximate surface area is 134 Å². The van der Waals surface area contributed by atoms with Crippen LogP contribution in [0.2, 0.25) is 0 Å². The zero-order chi connectivity index (χ0) is 14.7. The lowest BCUT2D eigenvalue weighted by Gasteiger charge is -2.32. The summed E-state index contributed by atoms with van der Waals surface area (Å²) in [6.45, 7) is 5.33. The molecule has 1 saturated heterocycles. The van der Waals surface area contributed by atoms with E-state index >= 15 is 0 Å². The summed E-state index contributed by atoms with van der Waals surface area (Å²) >= 11 is 3.59. The lowest BCUT2D eigenvalue weighted by atomic mass is 9.78. The van der Waals surface area contributed by atoms with Crippen LogP contribution in [0.25, 0.3) is 0 Å². The van der Waals surface area contributed by atoms with Gasteiger partial charge in [-0.05, 0) is 48.6 Å². The summed E-state index contributed by atoms with van der Waals surface area (Å²) < 4.78 is 3.24. The van der Waals surface area contributed by atoms with Gasteiger partial charge in [-0.15, -0.1) is 0 Å². The quantitative estimate of drug-likeness (QED) is 0.908. The first-order valence-electron chi connectivity index (χ1n) is 7.76. The van der Waals surface area contributed by atoms with Gasteiger partial charge in [0.15, 0.2) is 0 Å². The molecule has 3 rings (SSSR count). The molecule has 1 aromatic heterocycles. The second-order valence-corrected chi connectivity index (χ2v) is 6.71. The summed E-state index contributed by atoms with van der Waals surface area (Å²) in [5.74, 6) is 1.08. The topological polar surface area (TPSA) is 29.9 Å². The normalized spacial score (nSPS) is 22.4. The molecule has 1 aliphatic heterocycles. The third-order valence-electron chi connectivity index (χ3n) is 4.29. The van der Waals surface area contributed by atoms with Gasteiger partial charge < -0.3 is 5.32 Å². The number of rotatable bonds is 4. The molecule has 1 aromatic carbocycles. The van der Waals surface area contributed by atoms with E-state index in [1.807, 2.05) is 0 Å². The van der Waals surface area contributed by atoms with E-state index in [2.05, 4.69) is 74.6 Å². The third kappa shape index (κ3) is 3.38. The Morgan fingerprint density at radius 1 is 1.33 bits per heavy atom. The van der Waals surface area contributed by atoms with Crippen LogP contribution in [0.3, 0.4) is 0 Å². The minimum atomic E-state index is 0.524. The molecule has 2 unspecified atom stereocenters. The van der Waals surface area contributed by atoms with E-state index < -0.39 is 0 Å². The smallest absolute Gasteiger partial charge is 0.0524 e. The van der Waals surface area contributed by atoms with Crippen molar-refractivity contribution in [2.24, 2.45) is 0 Å². The predicted octanol–water partition coefficient (Wildman–Crippen LogP) is 3.92. The zero-order valence-electron chi connectivity index (χ0n) is 12.4. The molecule has 2 aromatic rings. The van der Waals surface area contributed by atoms with E-state index in [1.165, 1.54) is 17.5 Å². The van der Waals surface area contributed by atoms with Gasteiger partial charge in [0.2, 0.25) is 0 Å². The second kappa shape index (κ2) is 6.75. The van der Waals surface area contributed by atoms with Crippen molar-refractivity contribution in [3.05, 3.63) is 52.3 Å². The SMILES string of the molecule is CCCn1cc(C2CCNCC2c2cccc(Br)c2)cn1. The maximum Gasteiger partial charge on any atom is 0.0524 e. The maximum absolute atomic E-state index is 4.51. The molecule has 0 radical (unpaired) electrons. The summed E-state index contributed by atoms with van der Waals surface area (Å²) in [6, 6.07) is 8.71. The molecule has 21 heavy (non-hydrogen) atoms. The molecule has 3 nitrogen and oxygen atoms in total. The van der Waals surface area contributed by atoms with Gasteiger partial charge in [-0.1, -0.05) is 35.0 Å². The number of piperidine rings is 1. The Morgan fingerprint density at radius 3 is 3.05 bits per heavy atom. The van der Waals surface area contributed by atoms with Crippen molar-refractivity contribution in [1.29, 1.82) is 0 Å². The standard InChI is InChI=1S/C17H22BrN3/c1-2-8-21-12-14(10-20-21)16-6-7-19-11-17(16)13-4-3-5-15(18)9-13/h3-5,9-10,12,16-17,19H,2,6-8,11H2,1H3. The molecule has 0 saturated carbocycles. The van der Waals surface area contributed by atoms with Crippen LogP contribution in [0.5, 0.6) is 0 Å². The summed E-state index contributed by atoms with van der Waals surface area (Å²) in [7, 11) is 0. The molecule has 0 bridgehead atoms. The molecule has 4 heteroatoms. The fraction of sp³-hybridized carbons (Fsp3) is 0.471. The van der Waals surface area contributed by atoms with Crippen LogP contribution in [0.1, 0.15) is 42.7 Å². The second-order valence-electron chi connectivity index (χ2n) is 5.80. The number of aryl methyl sites for hydroxylation is 1. The number of nitrogens with zero attached hydrogens (tertiary/aromatic N) is 2. The van der Waals surface area contributed by atoms with Crippen molar-refractivity contribution < 1.29 is 0 Å². The first kappa shape index (κ1) is 14.8. The highest BCUT2D eigenvalue weighted by Gasteiger charge is 2.28. The first-order chi connectivity index (χ1) is 10.3. The Morgan fingerprint density at radius 2 is 2.24 bits per heavy atom. The molecular weight excluding hydrogens is 326 g/mol. The van der Waals surface area contributed by atoms with Gasteiger partial charge in [-0.2, -0.15) is 5.10 Å². The van der Waals surface area contributed by atoms with Crippen LogP contribution in [-0.4, -0.2) is 22.9 Å². The molecule has 1 N–H and O–H groups in total. The van der Waals surface area contributed by atoms with Crippen molar-refractivity contribution in [2.45, 2.75) is 38.1 Å². The van der Waals surface area contributed by atoms with Crippen LogP contribution >= 0.6 is 15.9 Å². The van der Waals surface area contributed by atoms with Crippen molar-refractivity contribution in [3.8, 4) is 0 Å². The van der Waals surface area contributed by atoms with E-state index in [4.69, 9.17) is 0 Å². The average Bonchev–Trinajstić information content (AvgIpc) is 2.96. The van der Waals surface area contributed by atoms with Crippen molar-refractivity contribution >= 4 is 15.9 Å². The van der Waals surface area contributed by atoms with Gasteiger partial charge in [0, 0.05) is 29.7 Å². The highest BCUT2D eigenvalue weighted by molar-refractivity contribution is 9.10. The molecular formula is C17H22BrN3. The van der Waals surface area contributed by atoms with E-state index in [9.17, 15) is 0 Å². The molecule has 1 fully saturated rings. The summed E-state index contributed by atoms with van der Waals surface area (Å²) in [5, 5.41) is 8.06. The highest BCUT2D eigenvalue weighted by Crippen LogP contribution is 2.37. The van der Waals surface area contributed by atoms with Crippen LogP contribution in [0, 0.1) is 0 Å². The number of benzene rings is 1. The van der Waals surface area contributed by atoms with Gasteiger partial charge in [0.25, 0.3) is 0 Å². The molecule has 2 heterocycles. The minimum absolute atomic E-state index is 0.524. The fourth-order valence-corrected chi connectivity index (χ4v) is 3.68. The molecule has 0 amide bonds. The predicted molar refractivity (Wildman–Crippen MR) is 89.6 cm³/mol. The molecule has 1 aliphatic rings. The van der Waals surface area contributed by atoms with Crippen molar-refractivity contribution in [2.75, 3.05) is 13.1 Å². The largest absolute Gasteiger partial charge is 0.316 e. The number of halogens is 1. The Kier molecular flexibility index (Phi) is 4.76. The van der Waals surface area contributed by atoms with E-state index in [0.29, 0.717) is 11.8 Å². The molecule has 112 valence electrons. The molecule has 0 spiro atoms. The Hall–Kier alpha value is -1.13. The summed E-state index contributed by atoms with van der Waals surface area (Å²) in [4.78, 5) is 0. The third-order valence-corrected chi connectivity index (χ3v) is 4.79. The van der Waals surface area contributed by atoms with Gasteiger partial charge in [-0.3, -0.25) is 4.68 Å². The monoisotopic (exact) mass is 347 g/mol. The van der Waals surface area contributed by atoms with E-state index in [-0.39, 0.29) is 0 Å². The van der Waals surface area contributed by atoms with Crippen LogP contribution in [0.15, 0.2) is 41.1 Å². The molecule has 2 atom stereocenters. The Balaban J connectivity index is 1.86. The summed E-state index contributed by atoms with van der Waals surface area (Å²) in [6.07, 6.45) is 6.61. The zero-order valence-corrected chi connectivity index (χ0v) is 14.0. The summed E-state index contributed by atoms with van der Waals surface area (Å²) in [5.41, 5.74) is 2.79. The highest BCUT2D eigenvalue weighted by atomic mass is 79.9. The van der Waals surface area contributed by atoms with Gasteiger partial charge >= 0.3 is 0 Å². The van der Waals surface area contributed by atoms with Crippen molar-refractivity contribution in [1.82, 2.24) is 15.1 Å². The van der Waals surface area contributed by atoms with Crippen molar-refractivity contribution in [3.63, 3.8) is 0 Å². The van der Waals surface area contributed by atoms with E-state index in [0.717, 1.165) is 30.5 Å². The Bertz CT molecular complexity index is 593. The number of hydrogen-bond acceptors (Lipinski definition) is 2. The first-order valence-corrected chi connectivity index (χ1v) is 8.55. The number of aromatic nitrogens is 2. The lowest BCUT2D eigenvalue weighted by Crippen LogP contribution is -2.33. The maximum atomic E-state index is 4.51. The molecule has 0 aliphatic carbocycles. The van der Waals surface area contributed by atoms with Crippen LogP contribution in [-0.2, 0) is 6.54 Å². The van der Waals surface area contributed by atoms with Gasteiger partial charge in [0.05, 0.1) is 6.20 Å². The number of hydrogen-bond donors (Lipinski definition) is 1. The van der Waals surface area contributed by atoms with Crippen LogP contribution in [0.4, 0.5) is 0 Å². The van der Waals surface area contributed by atoms with Gasteiger partial charge in [0.1, 0.15) is 0 Å².